The summed E-state index contributed by atoms with van der Waals surface area (Å²) in [4.78, 5) is 7.94. The maximum atomic E-state index is 12.4. The molecular formula is C15H31F3IN5. The number of hydrogen-bond donors (Lipinski definition) is 2. The lowest BCUT2D eigenvalue weighted by Crippen LogP contribution is -2.49. The zero-order valence-corrected chi connectivity index (χ0v) is 17.3. The van der Waals surface area contributed by atoms with Crippen LogP contribution in [0, 0.1) is 0 Å². The average Bonchev–Trinajstić information content (AvgIpc) is 2.89. The van der Waals surface area contributed by atoms with Crippen LogP contribution in [0.15, 0.2) is 4.99 Å². The number of nitrogens with one attached hydrogen (secondary N) is 2. The lowest BCUT2D eigenvalue weighted by atomic mass is 10.2. The van der Waals surface area contributed by atoms with Crippen molar-refractivity contribution in [2.24, 2.45) is 4.99 Å². The van der Waals surface area contributed by atoms with Crippen LogP contribution in [-0.4, -0.2) is 80.3 Å². The van der Waals surface area contributed by atoms with E-state index in [1.807, 2.05) is 0 Å². The molecule has 2 N–H and O–H groups in total. The van der Waals surface area contributed by atoms with E-state index in [0.29, 0.717) is 31.5 Å². The normalized spacial score (nSPS) is 20.8. The summed E-state index contributed by atoms with van der Waals surface area (Å²) in [6.07, 6.45) is -3.43. The maximum Gasteiger partial charge on any atom is 0.401 e. The zero-order chi connectivity index (χ0) is 17.5. The molecule has 0 saturated carbocycles. The van der Waals surface area contributed by atoms with Gasteiger partial charge in [-0.15, -0.1) is 24.0 Å². The second-order valence-electron chi connectivity index (χ2n) is 6.00. The van der Waals surface area contributed by atoms with Crippen LogP contribution in [0.1, 0.15) is 27.2 Å². The van der Waals surface area contributed by atoms with Crippen molar-refractivity contribution in [3.05, 3.63) is 0 Å². The molecule has 0 amide bonds. The van der Waals surface area contributed by atoms with E-state index in [0.717, 1.165) is 19.6 Å². The number of guanidine groups is 1. The lowest BCUT2D eigenvalue weighted by molar-refractivity contribution is -0.143. The second kappa shape index (κ2) is 11.3. The molecule has 1 heterocycles. The van der Waals surface area contributed by atoms with Gasteiger partial charge in [-0.05, 0) is 26.4 Å². The molecule has 0 aromatic heterocycles. The van der Waals surface area contributed by atoms with E-state index in [9.17, 15) is 13.2 Å². The van der Waals surface area contributed by atoms with Crippen LogP contribution in [-0.2, 0) is 0 Å². The van der Waals surface area contributed by atoms with E-state index in [2.05, 4.69) is 41.3 Å². The first kappa shape index (κ1) is 23.7. The van der Waals surface area contributed by atoms with E-state index in [1.165, 1.54) is 4.90 Å². The van der Waals surface area contributed by atoms with Gasteiger partial charge < -0.3 is 10.6 Å². The van der Waals surface area contributed by atoms with Crippen LogP contribution in [0.2, 0.25) is 0 Å². The number of hydrogen-bond acceptors (Lipinski definition) is 3. The molecule has 1 fully saturated rings. The minimum Gasteiger partial charge on any atom is -0.355 e. The van der Waals surface area contributed by atoms with Gasteiger partial charge in [0.05, 0.1) is 6.54 Å². The average molecular weight is 465 g/mol. The molecule has 0 aromatic carbocycles. The van der Waals surface area contributed by atoms with Crippen LogP contribution in [0.25, 0.3) is 0 Å². The Morgan fingerprint density at radius 1 is 1.33 bits per heavy atom. The number of likely N-dealkylation sites (N-methyl/N-ethyl adjacent to an activating group) is 1. The van der Waals surface area contributed by atoms with E-state index >= 15 is 0 Å². The van der Waals surface area contributed by atoms with Crippen LogP contribution < -0.4 is 10.6 Å². The minimum absolute atomic E-state index is 0. The van der Waals surface area contributed by atoms with Gasteiger partial charge >= 0.3 is 6.18 Å². The van der Waals surface area contributed by atoms with Gasteiger partial charge in [0.15, 0.2) is 5.96 Å². The topological polar surface area (TPSA) is 42.9 Å². The summed E-state index contributed by atoms with van der Waals surface area (Å²) in [6.45, 7) is 9.14. The van der Waals surface area contributed by atoms with E-state index in [-0.39, 0.29) is 30.0 Å². The fourth-order valence-electron chi connectivity index (χ4n) is 2.96. The summed E-state index contributed by atoms with van der Waals surface area (Å²) >= 11 is 0. The fraction of sp³-hybridized carbons (Fsp3) is 0.933. The highest BCUT2D eigenvalue weighted by atomic mass is 127. The van der Waals surface area contributed by atoms with Gasteiger partial charge in [0, 0.05) is 38.8 Å². The summed E-state index contributed by atoms with van der Waals surface area (Å²) in [6, 6.07) is 0.376. The Morgan fingerprint density at radius 2 is 1.96 bits per heavy atom. The molecule has 144 valence electrons. The van der Waals surface area contributed by atoms with Crippen LogP contribution in [0.3, 0.4) is 0 Å². The van der Waals surface area contributed by atoms with Gasteiger partial charge in [-0.25, -0.2) is 0 Å². The van der Waals surface area contributed by atoms with Gasteiger partial charge in [-0.2, -0.15) is 13.2 Å². The summed E-state index contributed by atoms with van der Waals surface area (Å²) in [5, 5.41) is 6.49. The Labute approximate surface area is 160 Å². The highest BCUT2D eigenvalue weighted by Gasteiger charge is 2.34. The Hall–Kier alpha value is -0.290. The highest BCUT2D eigenvalue weighted by molar-refractivity contribution is 14.0. The molecule has 1 rings (SSSR count). The minimum atomic E-state index is -4.13. The summed E-state index contributed by atoms with van der Waals surface area (Å²) in [5.41, 5.74) is 0. The zero-order valence-electron chi connectivity index (χ0n) is 15.0. The van der Waals surface area contributed by atoms with Crippen LogP contribution in [0.4, 0.5) is 13.2 Å². The predicted molar refractivity (Wildman–Crippen MR) is 103 cm³/mol. The third kappa shape index (κ3) is 8.70. The molecule has 2 atom stereocenters. The second-order valence-corrected chi connectivity index (χ2v) is 6.00. The molecule has 0 spiro atoms. The van der Waals surface area contributed by atoms with Gasteiger partial charge in [0.2, 0.25) is 0 Å². The van der Waals surface area contributed by atoms with Gasteiger partial charge in [0.1, 0.15) is 0 Å². The Kier molecular flexibility index (Phi) is 11.2. The number of aliphatic imine (C=N–C) groups is 1. The van der Waals surface area contributed by atoms with Crippen molar-refractivity contribution in [2.75, 3.05) is 46.3 Å². The maximum absolute atomic E-state index is 12.4. The van der Waals surface area contributed by atoms with Crippen LogP contribution >= 0.6 is 24.0 Å². The standard InChI is InChI=1S/C15H30F3N5.HI/c1-5-23(6-2)12(3)9-20-14(19-4)21-13-7-8-22(10-13)11-15(16,17)18;/h12-13H,5-11H2,1-4H3,(H2,19,20,21);1H. The molecule has 24 heavy (non-hydrogen) atoms. The molecule has 0 aromatic rings. The molecule has 5 nitrogen and oxygen atoms in total. The Balaban J connectivity index is 0.00000529. The quantitative estimate of drug-likeness (QED) is 0.344. The predicted octanol–water partition coefficient (Wildman–Crippen LogP) is 2.14. The first-order chi connectivity index (χ1) is 10.8. The third-order valence-electron chi connectivity index (χ3n) is 4.24. The molecule has 0 aliphatic carbocycles. The van der Waals surface area contributed by atoms with E-state index < -0.39 is 12.7 Å². The van der Waals surface area contributed by atoms with Gasteiger partial charge in [0.25, 0.3) is 0 Å². The highest BCUT2D eigenvalue weighted by Crippen LogP contribution is 2.19. The van der Waals surface area contributed by atoms with Crippen molar-refractivity contribution in [2.45, 2.75) is 45.5 Å². The molecule has 9 heteroatoms. The summed E-state index contributed by atoms with van der Waals surface area (Å²) in [7, 11) is 1.68. The molecule has 1 saturated heterocycles. The molecule has 0 bridgehead atoms. The number of likely N-dealkylation sites (tertiary alicyclic amines) is 1. The van der Waals surface area contributed by atoms with Gasteiger partial charge in [-0.3, -0.25) is 14.8 Å². The fourth-order valence-corrected chi connectivity index (χ4v) is 2.96. The molecular weight excluding hydrogens is 434 g/mol. The van der Waals surface area contributed by atoms with Crippen molar-refractivity contribution >= 4 is 29.9 Å². The first-order valence-corrected chi connectivity index (χ1v) is 8.29. The summed E-state index contributed by atoms with van der Waals surface area (Å²) in [5.74, 6) is 0.655. The number of nitrogens with zero attached hydrogens (tertiary/aromatic N) is 3. The van der Waals surface area contributed by atoms with E-state index in [4.69, 9.17) is 0 Å². The van der Waals surface area contributed by atoms with Gasteiger partial charge in [-0.1, -0.05) is 13.8 Å². The lowest BCUT2D eigenvalue weighted by Gasteiger charge is -2.27. The van der Waals surface area contributed by atoms with Crippen molar-refractivity contribution in [1.82, 2.24) is 20.4 Å². The largest absolute Gasteiger partial charge is 0.401 e. The number of alkyl halides is 3. The van der Waals surface area contributed by atoms with Crippen molar-refractivity contribution < 1.29 is 13.2 Å². The van der Waals surface area contributed by atoms with Crippen molar-refractivity contribution in [3.63, 3.8) is 0 Å². The Bertz CT molecular complexity index is 375. The van der Waals surface area contributed by atoms with E-state index in [1.54, 1.807) is 7.05 Å². The SMILES string of the molecule is CCN(CC)C(C)CNC(=NC)NC1CCN(CC(F)(F)F)C1.I. The van der Waals surface area contributed by atoms with Crippen molar-refractivity contribution in [1.29, 1.82) is 0 Å². The summed E-state index contributed by atoms with van der Waals surface area (Å²) < 4.78 is 37.2. The molecule has 2 unspecified atom stereocenters. The molecule has 0 radical (unpaired) electrons. The van der Waals surface area contributed by atoms with Crippen molar-refractivity contribution in [3.8, 4) is 0 Å². The first-order valence-electron chi connectivity index (χ1n) is 8.29. The third-order valence-corrected chi connectivity index (χ3v) is 4.24. The molecule has 1 aliphatic rings. The monoisotopic (exact) mass is 465 g/mol. The number of halogens is 4. The smallest absolute Gasteiger partial charge is 0.355 e. The number of rotatable bonds is 7. The molecule has 1 aliphatic heterocycles. The Morgan fingerprint density at radius 3 is 2.46 bits per heavy atom. The van der Waals surface area contributed by atoms with Crippen LogP contribution in [0.5, 0.6) is 0 Å².